The first-order valence-corrected chi connectivity index (χ1v) is 8.55. The number of nitrogens with one attached hydrogen (secondary N) is 3. The first-order chi connectivity index (χ1) is 12.6. The number of aliphatic carboxylic acids is 3. The van der Waals surface area contributed by atoms with Crippen molar-refractivity contribution in [3.8, 4) is 0 Å². The van der Waals surface area contributed by atoms with Crippen molar-refractivity contribution in [3.05, 3.63) is 0 Å². The smallest absolute Gasteiger partial charge is 0.317 e. The van der Waals surface area contributed by atoms with E-state index < -0.39 is 60.9 Å². The molecule has 12 nitrogen and oxygen atoms in total. The maximum Gasteiger partial charge on any atom is 0.317 e. The van der Waals surface area contributed by atoms with Crippen molar-refractivity contribution >= 4 is 17.9 Å². The summed E-state index contributed by atoms with van der Waals surface area (Å²) in [6.45, 7) is -0.432. The van der Waals surface area contributed by atoms with Gasteiger partial charge in [0.05, 0.1) is 49.4 Å². The molecule has 12 heteroatoms. The van der Waals surface area contributed by atoms with Gasteiger partial charge in [-0.2, -0.15) is 0 Å². The molecule has 0 radical (unpaired) electrons. The summed E-state index contributed by atoms with van der Waals surface area (Å²) in [6.07, 6.45) is -4.22. The summed E-state index contributed by atoms with van der Waals surface area (Å²) in [4.78, 5) is 32.0. The van der Waals surface area contributed by atoms with Gasteiger partial charge in [-0.05, 0) is 13.0 Å². The number of aliphatic hydroxyl groups is 3. The molecular weight excluding hydrogens is 366 g/mol. The molecule has 1 fully saturated rings. The molecule has 1 aliphatic carbocycles. The quantitative estimate of drug-likeness (QED) is 0.147. The zero-order valence-electron chi connectivity index (χ0n) is 14.6. The van der Waals surface area contributed by atoms with E-state index in [0.29, 0.717) is 0 Å². The second kappa shape index (κ2) is 11.1. The minimum absolute atomic E-state index is 0.0540. The third kappa shape index (κ3) is 7.36. The summed E-state index contributed by atoms with van der Waals surface area (Å²) in [5.41, 5.74) is 0. The van der Waals surface area contributed by atoms with E-state index in [2.05, 4.69) is 16.0 Å². The summed E-state index contributed by atoms with van der Waals surface area (Å²) < 4.78 is 0. The number of aliphatic hydroxyl groups excluding tert-OH is 3. The van der Waals surface area contributed by atoms with E-state index in [4.69, 9.17) is 15.3 Å². The fraction of sp³-hybridized carbons (Fsp3) is 0.800. The molecule has 0 aromatic carbocycles. The number of carbonyl (C=O) groups is 3. The minimum Gasteiger partial charge on any atom is -0.481 e. The van der Waals surface area contributed by atoms with Crippen LogP contribution in [0.5, 0.6) is 0 Å². The highest BCUT2D eigenvalue weighted by Gasteiger charge is 2.48. The number of hydrogen-bond acceptors (Lipinski definition) is 9. The third-order valence-electron chi connectivity index (χ3n) is 4.36. The summed E-state index contributed by atoms with van der Waals surface area (Å²) in [5.74, 6) is -3.28. The highest BCUT2D eigenvalue weighted by Crippen LogP contribution is 2.22. The van der Waals surface area contributed by atoms with E-state index in [0.717, 1.165) is 0 Å². The monoisotopic (exact) mass is 393 g/mol. The van der Waals surface area contributed by atoms with Crippen LogP contribution in [-0.2, 0) is 14.4 Å². The Bertz CT molecular complexity index is 519. The van der Waals surface area contributed by atoms with Crippen LogP contribution < -0.4 is 16.0 Å². The molecule has 0 unspecified atom stereocenters. The summed E-state index contributed by atoms with van der Waals surface area (Å²) in [7, 11) is 0. The van der Waals surface area contributed by atoms with Crippen LogP contribution in [0.4, 0.5) is 0 Å². The van der Waals surface area contributed by atoms with Gasteiger partial charge in [0.25, 0.3) is 0 Å². The Balaban J connectivity index is 2.82. The fourth-order valence-corrected chi connectivity index (χ4v) is 3.06. The molecule has 1 rings (SSSR count). The first kappa shape index (κ1) is 23.2. The molecule has 1 aliphatic rings. The summed E-state index contributed by atoms with van der Waals surface area (Å²) >= 11 is 0. The van der Waals surface area contributed by atoms with Gasteiger partial charge in [-0.1, -0.05) is 0 Å². The zero-order chi connectivity index (χ0) is 20.6. The Hall–Kier alpha value is -1.83. The van der Waals surface area contributed by atoms with Gasteiger partial charge in [-0.3, -0.25) is 19.7 Å². The number of hydrogen-bond donors (Lipinski definition) is 9. The maximum atomic E-state index is 10.8. The predicted molar refractivity (Wildman–Crippen MR) is 90.2 cm³/mol. The lowest BCUT2D eigenvalue weighted by molar-refractivity contribution is -0.139. The van der Waals surface area contributed by atoms with Crippen molar-refractivity contribution in [1.29, 1.82) is 0 Å². The molecule has 1 saturated carbocycles. The number of rotatable bonds is 12. The molecule has 0 spiro atoms. The van der Waals surface area contributed by atoms with Crippen LogP contribution in [0.15, 0.2) is 0 Å². The van der Waals surface area contributed by atoms with Gasteiger partial charge in [-0.15, -0.1) is 0 Å². The van der Waals surface area contributed by atoms with E-state index in [1.165, 1.54) is 0 Å². The number of carboxylic acids is 3. The highest BCUT2D eigenvalue weighted by atomic mass is 16.4. The lowest BCUT2D eigenvalue weighted by Crippen LogP contribution is -2.74. The molecule has 0 bridgehead atoms. The van der Waals surface area contributed by atoms with Crippen molar-refractivity contribution in [2.24, 2.45) is 0 Å². The summed E-state index contributed by atoms with van der Waals surface area (Å²) in [5, 5.41) is 65.6. The lowest BCUT2D eigenvalue weighted by Gasteiger charge is -2.47. The first-order valence-electron chi connectivity index (χ1n) is 8.55. The highest BCUT2D eigenvalue weighted by molar-refractivity contribution is 5.69. The second-order valence-electron chi connectivity index (χ2n) is 6.37. The standard InChI is InChI=1S/C15H27N3O9/c19-7(20)2-1-4-16-10-13(25)11(17-5-3-8(21)22)15(27)12(14(10)26)18-6-9(23)24/h10-18,25-27H,1-6H2,(H,19,20)(H,21,22)(H,23,24)/t10-,11+,12-,13+,14-,15+/m1/s1. The van der Waals surface area contributed by atoms with E-state index in [1.807, 2.05) is 0 Å². The van der Waals surface area contributed by atoms with Gasteiger partial charge >= 0.3 is 17.9 Å². The van der Waals surface area contributed by atoms with E-state index >= 15 is 0 Å². The Morgan fingerprint density at radius 3 is 1.52 bits per heavy atom. The normalized spacial score (nSPS) is 30.8. The van der Waals surface area contributed by atoms with E-state index in [-0.39, 0.29) is 32.4 Å². The molecular formula is C15H27N3O9. The van der Waals surface area contributed by atoms with Crippen molar-refractivity contribution in [2.75, 3.05) is 19.6 Å². The molecule has 0 saturated heterocycles. The fourth-order valence-electron chi connectivity index (χ4n) is 3.06. The van der Waals surface area contributed by atoms with Crippen LogP contribution >= 0.6 is 0 Å². The van der Waals surface area contributed by atoms with Gasteiger partial charge in [-0.25, -0.2) is 0 Å². The molecule has 9 N–H and O–H groups in total. The molecule has 156 valence electrons. The molecule has 0 aromatic rings. The Labute approximate surface area is 155 Å². The largest absolute Gasteiger partial charge is 0.481 e. The van der Waals surface area contributed by atoms with Gasteiger partial charge in [0.2, 0.25) is 0 Å². The van der Waals surface area contributed by atoms with Crippen LogP contribution in [-0.4, -0.2) is 105 Å². The van der Waals surface area contributed by atoms with Crippen LogP contribution in [0, 0.1) is 0 Å². The molecule has 0 amide bonds. The van der Waals surface area contributed by atoms with E-state index in [1.54, 1.807) is 0 Å². The number of carboxylic acid groups (broad SMARTS) is 3. The third-order valence-corrected chi connectivity index (χ3v) is 4.36. The van der Waals surface area contributed by atoms with Gasteiger partial charge in [0, 0.05) is 13.0 Å². The van der Waals surface area contributed by atoms with Crippen LogP contribution in [0.3, 0.4) is 0 Å². The predicted octanol–water partition coefficient (Wildman–Crippen LogP) is -3.62. The average molecular weight is 393 g/mol. The molecule has 27 heavy (non-hydrogen) atoms. The van der Waals surface area contributed by atoms with Crippen LogP contribution in [0.25, 0.3) is 0 Å². The van der Waals surface area contributed by atoms with Crippen molar-refractivity contribution in [2.45, 2.75) is 55.7 Å². The molecule has 0 aromatic heterocycles. The molecule has 0 aliphatic heterocycles. The Morgan fingerprint density at radius 2 is 1.07 bits per heavy atom. The van der Waals surface area contributed by atoms with Crippen LogP contribution in [0.1, 0.15) is 19.3 Å². The van der Waals surface area contributed by atoms with Gasteiger partial charge in [0.15, 0.2) is 0 Å². The lowest BCUT2D eigenvalue weighted by atomic mass is 9.79. The molecule has 6 atom stereocenters. The van der Waals surface area contributed by atoms with E-state index in [9.17, 15) is 29.7 Å². The summed E-state index contributed by atoms with van der Waals surface area (Å²) in [6, 6.07) is -3.13. The Kier molecular flexibility index (Phi) is 9.55. The van der Waals surface area contributed by atoms with Crippen LogP contribution in [0.2, 0.25) is 0 Å². The average Bonchev–Trinajstić information content (AvgIpc) is 2.56. The van der Waals surface area contributed by atoms with Gasteiger partial charge in [0.1, 0.15) is 0 Å². The topological polar surface area (TPSA) is 209 Å². The minimum atomic E-state index is -1.39. The zero-order valence-corrected chi connectivity index (χ0v) is 14.6. The Morgan fingerprint density at radius 1 is 0.630 bits per heavy atom. The maximum absolute atomic E-state index is 10.8. The van der Waals surface area contributed by atoms with Crippen molar-refractivity contribution < 1.29 is 45.0 Å². The van der Waals surface area contributed by atoms with Crippen molar-refractivity contribution in [3.63, 3.8) is 0 Å². The SMILES string of the molecule is O=C(O)CCCN[C@@H]1[C@H](O)[C@H](NCCC(=O)O)[C@H](O)[C@H](NCC(=O)O)[C@@H]1O. The second-order valence-corrected chi connectivity index (χ2v) is 6.37. The molecule has 0 heterocycles. The van der Waals surface area contributed by atoms with Crippen molar-refractivity contribution in [1.82, 2.24) is 16.0 Å². The van der Waals surface area contributed by atoms with Gasteiger partial charge < -0.3 is 41.3 Å².